The van der Waals surface area contributed by atoms with Crippen molar-refractivity contribution in [2.24, 2.45) is 0 Å². The van der Waals surface area contributed by atoms with Crippen molar-refractivity contribution in [3.05, 3.63) is 67.6 Å². The van der Waals surface area contributed by atoms with Crippen LogP contribution in [0.25, 0.3) is 0 Å². The molecule has 0 unspecified atom stereocenters. The van der Waals surface area contributed by atoms with Crippen LogP contribution in [-0.2, 0) is 21.9 Å². The zero-order valence-corrected chi connectivity index (χ0v) is 22.2. The quantitative estimate of drug-likeness (QED) is 0.401. The van der Waals surface area contributed by atoms with Gasteiger partial charge in [-0.05, 0) is 63.1 Å². The number of hydrogen-bond donors (Lipinski definition) is 1. The van der Waals surface area contributed by atoms with E-state index in [-0.39, 0.29) is 24.1 Å². The zero-order chi connectivity index (χ0) is 24.1. The van der Waals surface area contributed by atoms with Gasteiger partial charge in [0.2, 0.25) is 11.8 Å². The van der Waals surface area contributed by atoms with Crippen molar-refractivity contribution in [1.29, 1.82) is 0 Å². The van der Waals surface area contributed by atoms with Crippen LogP contribution in [0.1, 0.15) is 38.8 Å². The van der Waals surface area contributed by atoms with Crippen molar-refractivity contribution in [3.8, 4) is 0 Å². The Morgan fingerprint density at radius 2 is 1.50 bits per heavy atom. The van der Waals surface area contributed by atoms with E-state index in [1.807, 2.05) is 26.8 Å². The lowest BCUT2D eigenvalue weighted by atomic mass is 10.1. The molecular weight excluding hydrogens is 510 g/mol. The molecule has 0 aliphatic rings. The molecule has 0 fully saturated rings. The molecule has 0 heterocycles. The Hall–Kier alpha value is -1.11. The smallest absolute Gasteiger partial charge is 0.242 e. The molecule has 0 bridgehead atoms. The van der Waals surface area contributed by atoms with Gasteiger partial charge >= 0.3 is 0 Å². The molecule has 0 radical (unpaired) electrons. The number of thioether (sulfide) groups is 1. The third kappa shape index (κ3) is 8.35. The minimum absolute atomic E-state index is 0.178. The van der Waals surface area contributed by atoms with E-state index in [1.54, 1.807) is 37.3 Å². The maximum absolute atomic E-state index is 13.2. The summed E-state index contributed by atoms with van der Waals surface area (Å²) in [5.41, 5.74) is 1.18. The Morgan fingerprint density at radius 3 is 2.00 bits per heavy atom. The van der Waals surface area contributed by atoms with Crippen LogP contribution in [0.2, 0.25) is 20.1 Å². The molecule has 2 rings (SSSR count). The first kappa shape index (κ1) is 27.1. The van der Waals surface area contributed by atoms with E-state index in [1.165, 1.54) is 16.7 Å². The molecule has 2 amide bonds. The van der Waals surface area contributed by atoms with Crippen LogP contribution in [0.3, 0.4) is 0 Å². The average Bonchev–Trinajstić information content (AvgIpc) is 2.67. The van der Waals surface area contributed by atoms with Crippen LogP contribution >= 0.6 is 58.2 Å². The monoisotopic (exact) mass is 534 g/mol. The molecule has 32 heavy (non-hydrogen) atoms. The second-order valence-electron chi connectivity index (χ2n) is 8.40. The second kappa shape index (κ2) is 11.8. The molecular formula is C23H26Cl4N2O2S. The molecule has 0 aliphatic heterocycles. The largest absolute Gasteiger partial charge is 0.350 e. The van der Waals surface area contributed by atoms with E-state index >= 15 is 0 Å². The molecule has 1 N–H and O–H groups in total. The maximum atomic E-state index is 13.2. The number of nitrogens with zero attached hydrogens (tertiary/aromatic N) is 1. The summed E-state index contributed by atoms with van der Waals surface area (Å²) in [7, 11) is 0. The first-order valence-corrected chi connectivity index (χ1v) is 12.6. The number of benzene rings is 2. The third-order valence-corrected chi connectivity index (χ3v) is 6.66. The van der Waals surface area contributed by atoms with Gasteiger partial charge in [0, 0.05) is 37.9 Å². The Labute approximate surface area is 213 Å². The summed E-state index contributed by atoms with van der Waals surface area (Å²) >= 11 is 25.9. The first-order chi connectivity index (χ1) is 14.9. The number of carbonyl (C=O) groups excluding carboxylic acids is 2. The topological polar surface area (TPSA) is 49.4 Å². The van der Waals surface area contributed by atoms with E-state index in [0.29, 0.717) is 31.4 Å². The number of amides is 2. The molecule has 0 saturated heterocycles. The lowest BCUT2D eigenvalue weighted by Crippen LogP contribution is -2.52. The lowest BCUT2D eigenvalue weighted by molar-refractivity contribution is -0.139. The fourth-order valence-corrected chi connectivity index (χ4v) is 4.80. The molecule has 1 atom stereocenters. The van der Waals surface area contributed by atoms with Crippen molar-refractivity contribution >= 4 is 70.0 Å². The number of carbonyl (C=O) groups is 2. The number of rotatable bonds is 8. The highest BCUT2D eigenvalue weighted by molar-refractivity contribution is 7.99. The minimum Gasteiger partial charge on any atom is -0.350 e. The highest BCUT2D eigenvalue weighted by atomic mass is 35.5. The van der Waals surface area contributed by atoms with E-state index in [9.17, 15) is 9.59 Å². The molecule has 2 aromatic carbocycles. The second-order valence-corrected chi connectivity index (χ2v) is 11.1. The first-order valence-electron chi connectivity index (χ1n) is 9.94. The van der Waals surface area contributed by atoms with Crippen LogP contribution in [0, 0.1) is 0 Å². The van der Waals surface area contributed by atoms with Gasteiger partial charge in [-0.2, -0.15) is 0 Å². The van der Waals surface area contributed by atoms with E-state index in [0.717, 1.165) is 5.56 Å². The van der Waals surface area contributed by atoms with Crippen molar-refractivity contribution in [2.75, 3.05) is 5.75 Å². The number of halogens is 4. The summed E-state index contributed by atoms with van der Waals surface area (Å²) in [5, 5.41) is 5.00. The predicted octanol–water partition coefficient (Wildman–Crippen LogP) is 6.87. The van der Waals surface area contributed by atoms with Gasteiger partial charge in [0.1, 0.15) is 6.04 Å². The van der Waals surface area contributed by atoms with E-state index in [4.69, 9.17) is 46.4 Å². The van der Waals surface area contributed by atoms with E-state index < -0.39 is 11.6 Å². The molecule has 174 valence electrons. The fourth-order valence-electron chi connectivity index (χ4n) is 2.86. The van der Waals surface area contributed by atoms with Gasteiger partial charge in [-0.3, -0.25) is 9.59 Å². The van der Waals surface area contributed by atoms with Crippen molar-refractivity contribution in [1.82, 2.24) is 10.2 Å². The van der Waals surface area contributed by atoms with Gasteiger partial charge < -0.3 is 10.2 Å². The molecule has 0 spiro atoms. The van der Waals surface area contributed by atoms with Crippen molar-refractivity contribution in [3.63, 3.8) is 0 Å². The molecule has 0 aliphatic carbocycles. The van der Waals surface area contributed by atoms with Gasteiger partial charge in [0.15, 0.2) is 0 Å². The van der Waals surface area contributed by atoms with Crippen molar-refractivity contribution < 1.29 is 9.59 Å². The van der Waals surface area contributed by atoms with Gasteiger partial charge in [-0.15, -0.1) is 11.8 Å². The maximum Gasteiger partial charge on any atom is 0.242 e. The number of nitrogens with one attached hydrogen (secondary N) is 1. The normalized spacial score (nSPS) is 12.4. The average molecular weight is 536 g/mol. The van der Waals surface area contributed by atoms with Crippen molar-refractivity contribution in [2.45, 2.75) is 51.6 Å². The van der Waals surface area contributed by atoms with Crippen LogP contribution < -0.4 is 5.32 Å². The van der Waals surface area contributed by atoms with Crippen LogP contribution in [0.15, 0.2) is 36.4 Å². The van der Waals surface area contributed by atoms with Crippen LogP contribution in [0.5, 0.6) is 0 Å². The highest BCUT2D eigenvalue weighted by Gasteiger charge is 2.28. The lowest BCUT2D eigenvalue weighted by Gasteiger charge is -2.31. The molecule has 9 heteroatoms. The summed E-state index contributed by atoms with van der Waals surface area (Å²) in [6.45, 7) is 7.59. The third-order valence-electron chi connectivity index (χ3n) is 4.52. The summed E-state index contributed by atoms with van der Waals surface area (Å²) in [6, 6.07) is 9.69. The Morgan fingerprint density at radius 1 is 0.969 bits per heavy atom. The standard InChI is InChI=1S/C23H26Cl4N2O2S/c1-14(22(31)28-23(2,3)4)29(11-15-5-7-17(24)9-19(15)26)21(30)13-32-12-16-6-8-18(25)10-20(16)27/h5-10,14H,11-13H2,1-4H3,(H,28,31)/t14-/m0/s1. The molecule has 2 aromatic rings. The van der Waals surface area contributed by atoms with E-state index in [2.05, 4.69) is 5.32 Å². The van der Waals surface area contributed by atoms with Gasteiger partial charge in [0.05, 0.1) is 5.75 Å². The highest BCUT2D eigenvalue weighted by Crippen LogP contribution is 2.26. The zero-order valence-electron chi connectivity index (χ0n) is 18.3. The molecule has 0 saturated carbocycles. The van der Waals surface area contributed by atoms with Gasteiger partial charge in [-0.25, -0.2) is 0 Å². The fraction of sp³-hybridized carbons (Fsp3) is 0.391. The predicted molar refractivity (Wildman–Crippen MR) is 137 cm³/mol. The van der Waals surface area contributed by atoms with Crippen LogP contribution in [-0.4, -0.2) is 34.0 Å². The SMILES string of the molecule is C[C@@H](C(=O)NC(C)(C)C)N(Cc1ccc(Cl)cc1Cl)C(=O)CSCc1ccc(Cl)cc1Cl. The van der Waals surface area contributed by atoms with Gasteiger partial charge in [-0.1, -0.05) is 58.5 Å². The van der Waals surface area contributed by atoms with Crippen LogP contribution in [0.4, 0.5) is 0 Å². The summed E-state index contributed by atoms with van der Waals surface area (Å²) in [6.07, 6.45) is 0. The number of hydrogen-bond acceptors (Lipinski definition) is 3. The molecule has 4 nitrogen and oxygen atoms in total. The van der Waals surface area contributed by atoms with Gasteiger partial charge in [0.25, 0.3) is 0 Å². The Kier molecular flexibility index (Phi) is 10.0. The Balaban J connectivity index is 2.16. The summed E-state index contributed by atoms with van der Waals surface area (Å²) in [4.78, 5) is 27.5. The summed E-state index contributed by atoms with van der Waals surface area (Å²) < 4.78 is 0. The summed E-state index contributed by atoms with van der Waals surface area (Å²) in [5.74, 6) is 0.307. The minimum atomic E-state index is -0.687. The molecule has 0 aromatic heterocycles. The Bertz CT molecular complexity index is 979.